The van der Waals surface area contributed by atoms with Crippen molar-refractivity contribution in [2.75, 3.05) is 13.1 Å². The van der Waals surface area contributed by atoms with Crippen molar-refractivity contribution in [1.82, 2.24) is 9.88 Å². The summed E-state index contributed by atoms with van der Waals surface area (Å²) in [6.07, 6.45) is 3.74. The molecule has 0 amide bonds. The van der Waals surface area contributed by atoms with Crippen molar-refractivity contribution in [3.05, 3.63) is 69.2 Å². The summed E-state index contributed by atoms with van der Waals surface area (Å²) in [6, 6.07) is 6.28. The highest BCUT2D eigenvalue weighted by atomic mass is 32.1. The highest BCUT2D eigenvalue weighted by Crippen LogP contribution is 2.26. The van der Waals surface area contributed by atoms with E-state index in [-0.39, 0.29) is 4.87 Å². The van der Waals surface area contributed by atoms with Gasteiger partial charge in [-0.1, -0.05) is 35.6 Å². The number of nitrogens with one attached hydrogen (secondary N) is 1. The molecule has 116 valence electrons. The largest absolute Gasteiger partial charge is 0.312 e. The number of aryl methyl sites for hydroxylation is 2. The lowest BCUT2D eigenvalue weighted by atomic mass is 10.0. The predicted molar refractivity (Wildman–Crippen MR) is 95.5 cm³/mol. The summed E-state index contributed by atoms with van der Waals surface area (Å²) in [7, 11) is 0. The number of rotatable bonds is 7. The molecule has 3 nitrogen and oxygen atoms in total. The van der Waals surface area contributed by atoms with Crippen LogP contribution in [0.1, 0.15) is 16.0 Å². The Morgan fingerprint density at radius 1 is 1.18 bits per heavy atom. The molecule has 1 N–H and O–H groups in total. The molecule has 4 heteroatoms. The quantitative estimate of drug-likeness (QED) is 0.787. The summed E-state index contributed by atoms with van der Waals surface area (Å²) in [6.45, 7) is 14.0. The van der Waals surface area contributed by atoms with Crippen molar-refractivity contribution in [2.24, 2.45) is 0 Å². The Balaban J connectivity index is 2.37. The molecule has 0 aliphatic heterocycles. The first-order chi connectivity index (χ1) is 10.5. The average molecular weight is 314 g/mol. The van der Waals surface area contributed by atoms with Gasteiger partial charge in [0.25, 0.3) is 0 Å². The molecular formula is C18H22N2OS. The van der Waals surface area contributed by atoms with E-state index in [2.05, 4.69) is 55.1 Å². The molecular weight excluding hydrogens is 292 g/mol. The van der Waals surface area contributed by atoms with Gasteiger partial charge in [0.2, 0.25) is 0 Å². The first-order valence-corrected chi connectivity index (χ1v) is 8.10. The van der Waals surface area contributed by atoms with Crippen molar-refractivity contribution in [3.63, 3.8) is 0 Å². The van der Waals surface area contributed by atoms with Gasteiger partial charge in [0.1, 0.15) is 0 Å². The number of aromatic amines is 1. The van der Waals surface area contributed by atoms with Gasteiger partial charge in [-0.05, 0) is 36.6 Å². The lowest BCUT2D eigenvalue weighted by molar-refractivity contribution is 0.331. The van der Waals surface area contributed by atoms with E-state index in [1.807, 2.05) is 12.2 Å². The molecule has 0 radical (unpaired) electrons. The minimum absolute atomic E-state index is 0.0135. The Kier molecular flexibility index (Phi) is 5.52. The van der Waals surface area contributed by atoms with E-state index < -0.39 is 0 Å². The predicted octanol–water partition coefficient (Wildman–Crippen LogP) is 3.89. The zero-order chi connectivity index (χ0) is 16.1. The van der Waals surface area contributed by atoms with Gasteiger partial charge in [-0.2, -0.15) is 0 Å². The van der Waals surface area contributed by atoms with Crippen LogP contribution in [-0.2, 0) is 6.54 Å². The first kappa shape index (κ1) is 16.5. The lowest BCUT2D eigenvalue weighted by Gasteiger charge is -2.18. The molecule has 0 fully saturated rings. The van der Waals surface area contributed by atoms with E-state index in [1.165, 1.54) is 22.5 Å². The average Bonchev–Trinajstić information content (AvgIpc) is 2.83. The SMILES string of the molecule is C=CCN(CC=C)Cc1sc(=O)[nH]c1-c1ccc(C)c(C)c1. The van der Waals surface area contributed by atoms with Crippen LogP contribution in [-0.4, -0.2) is 23.0 Å². The number of hydrogen-bond donors (Lipinski definition) is 1. The van der Waals surface area contributed by atoms with Gasteiger partial charge in [0.05, 0.1) is 5.69 Å². The molecule has 0 unspecified atom stereocenters. The van der Waals surface area contributed by atoms with E-state index >= 15 is 0 Å². The maximum atomic E-state index is 11.8. The number of aromatic nitrogens is 1. The van der Waals surface area contributed by atoms with Gasteiger partial charge in [-0.3, -0.25) is 9.69 Å². The standard InChI is InChI=1S/C18H22N2OS/c1-5-9-20(10-6-2)12-16-17(19-18(21)22-16)15-8-7-13(3)14(4)11-15/h5-8,11H,1-2,9-10,12H2,3-4H3,(H,19,21). The highest BCUT2D eigenvalue weighted by Gasteiger charge is 2.13. The minimum Gasteiger partial charge on any atom is -0.312 e. The third kappa shape index (κ3) is 3.84. The van der Waals surface area contributed by atoms with Crippen LogP contribution < -0.4 is 4.87 Å². The van der Waals surface area contributed by atoms with Gasteiger partial charge in [0.15, 0.2) is 0 Å². The second-order valence-electron chi connectivity index (χ2n) is 5.38. The van der Waals surface area contributed by atoms with Crippen molar-refractivity contribution in [1.29, 1.82) is 0 Å². The molecule has 0 saturated carbocycles. The molecule has 1 heterocycles. The number of nitrogens with zero attached hydrogens (tertiary/aromatic N) is 1. The van der Waals surface area contributed by atoms with E-state index in [0.717, 1.165) is 29.2 Å². The molecule has 22 heavy (non-hydrogen) atoms. The van der Waals surface area contributed by atoms with Crippen molar-refractivity contribution >= 4 is 11.3 Å². The maximum absolute atomic E-state index is 11.8. The van der Waals surface area contributed by atoms with Crippen LogP contribution in [0.2, 0.25) is 0 Å². The summed E-state index contributed by atoms with van der Waals surface area (Å²) >= 11 is 1.28. The summed E-state index contributed by atoms with van der Waals surface area (Å²) in [5.74, 6) is 0. The van der Waals surface area contributed by atoms with Crippen molar-refractivity contribution in [2.45, 2.75) is 20.4 Å². The molecule has 0 atom stereocenters. The van der Waals surface area contributed by atoms with Crippen LogP contribution in [0.15, 0.2) is 48.3 Å². The molecule has 0 saturated heterocycles. The van der Waals surface area contributed by atoms with E-state index in [4.69, 9.17) is 0 Å². The van der Waals surface area contributed by atoms with E-state index in [9.17, 15) is 4.79 Å². The Morgan fingerprint density at radius 3 is 2.45 bits per heavy atom. The van der Waals surface area contributed by atoms with Crippen LogP contribution in [0.25, 0.3) is 11.3 Å². The summed E-state index contributed by atoms with van der Waals surface area (Å²) in [5.41, 5.74) is 4.47. The summed E-state index contributed by atoms with van der Waals surface area (Å²) in [4.78, 5) is 18.1. The van der Waals surface area contributed by atoms with Gasteiger partial charge in [-0.15, -0.1) is 13.2 Å². The normalized spacial score (nSPS) is 10.9. The fraction of sp³-hybridized carbons (Fsp3) is 0.278. The molecule has 0 aliphatic rings. The zero-order valence-electron chi connectivity index (χ0n) is 13.2. The summed E-state index contributed by atoms with van der Waals surface area (Å²) in [5, 5.41) is 0. The van der Waals surface area contributed by atoms with E-state index in [0.29, 0.717) is 6.54 Å². The Hall–Kier alpha value is -1.91. The fourth-order valence-corrected chi connectivity index (χ4v) is 3.27. The van der Waals surface area contributed by atoms with Crippen LogP contribution in [0.3, 0.4) is 0 Å². The van der Waals surface area contributed by atoms with E-state index in [1.54, 1.807) is 0 Å². The topological polar surface area (TPSA) is 36.1 Å². The number of H-pyrrole nitrogens is 1. The molecule has 2 aromatic rings. The number of hydrogen-bond acceptors (Lipinski definition) is 3. The molecule has 0 spiro atoms. The summed E-state index contributed by atoms with van der Waals surface area (Å²) < 4.78 is 0. The second-order valence-corrected chi connectivity index (χ2v) is 6.45. The van der Waals surface area contributed by atoms with Crippen LogP contribution in [0.5, 0.6) is 0 Å². The van der Waals surface area contributed by atoms with Gasteiger partial charge in [0, 0.05) is 24.5 Å². The maximum Gasteiger partial charge on any atom is 0.305 e. The Bertz CT molecular complexity index is 717. The molecule has 0 aliphatic carbocycles. The van der Waals surface area contributed by atoms with Crippen LogP contribution in [0.4, 0.5) is 0 Å². The van der Waals surface area contributed by atoms with Gasteiger partial charge < -0.3 is 4.98 Å². The lowest BCUT2D eigenvalue weighted by Crippen LogP contribution is -2.23. The number of benzene rings is 1. The second kappa shape index (κ2) is 7.38. The number of thiazole rings is 1. The van der Waals surface area contributed by atoms with Crippen molar-refractivity contribution < 1.29 is 0 Å². The molecule has 1 aromatic heterocycles. The smallest absolute Gasteiger partial charge is 0.305 e. The highest BCUT2D eigenvalue weighted by molar-refractivity contribution is 7.09. The molecule has 2 rings (SSSR count). The third-order valence-electron chi connectivity index (χ3n) is 3.66. The van der Waals surface area contributed by atoms with Crippen LogP contribution >= 0.6 is 11.3 Å². The minimum atomic E-state index is -0.0135. The molecule has 1 aromatic carbocycles. The van der Waals surface area contributed by atoms with Crippen molar-refractivity contribution in [3.8, 4) is 11.3 Å². The van der Waals surface area contributed by atoms with Gasteiger partial charge in [-0.25, -0.2) is 0 Å². The van der Waals surface area contributed by atoms with Gasteiger partial charge >= 0.3 is 4.87 Å². The monoisotopic (exact) mass is 314 g/mol. The Morgan fingerprint density at radius 2 is 1.86 bits per heavy atom. The van der Waals surface area contributed by atoms with Crippen LogP contribution in [0, 0.1) is 13.8 Å². The molecule has 0 bridgehead atoms. The first-order valence-electron chi connectivity index (χ1n) is 7.29. The Labute approximate surface area is 135 Å². The zero-order valence-corrected chi connectivity index (χ0v) is 14.0. The third-order valence-corrected chi connectivity index (χ3v) is 4.53. The fourth-order valence-electron chi connectivity index (χ4n) is 2.37.